The van der Waals surface area contributed by atoms with E-state index in [9.17, 15) is 17.6 Å². The molecule has 1 aliphatic carbocycles. The summed E-state index contributed by atoms with van der Waals surface area (Å²) in [6.07, 6.45) is 9.06. The van der Waals surface area contributed by atoms with Gasteiger partial charge < -0.3 is 10.3 Å². The molecule has 4 heterocycles. The zero-order valence-electron chi connectivity index (χ0n) is 23.7. The molecule has 0 atom stereocenters. The van der Waals surface area contributed by atoms with Gasteiger partial charge in [0.2, 0.25) is 15.9 Å². The van der Waals surface area contributed by atoms with Crippen LogP contribution < -0.4 is 10.0 Å². The molecule has 0 spiro atoms. The fourth-order valence-corrected chi connectivity index (χ4v) is 5.92. The molecule has 6 aromatic rings. The van der Waals surface area contributed by atoms with E-state index in [4.69, 9.17) is 0 Å². The number of halogens is 1. The summed E-state index contributed by atoms with van der Waals surface area (Å²) in [5, 5.41) is 12.3. The van der Waals surface area contributed by atoms with Gasteiger partial charge in [0.1, 0.15) is 11.5 Å². The molecule has 44 heavy (non-hydrogen) atoms. The SMILES string of the molecule is CS(=O)(=O)NCc1cc(F)cc(-c2nccc3[nH]c(-c4n[nH]c5ccc(-c6cncc(NC(=O)C7CCC7)c6)cc45)cc23)c1. The maximum atomic E-state index is 14.6. The zero-order valence-corrected chi connectivity index (χ0v) is 24.5. The lowest BCUT2D eigenvalue weighted by molar-refractivity contribution is -0.122. The zero-order chi connectivity index (χ0) is 30.4. The van der Waals surface area contributed by atoms with E-state index in [1.54, 1.807) is 24.7 Å². The van der Waals surface area contributed by atoms with Crippen LogP contribution in [0.4, 0.5) is 10.1 Å². The van der Waals surface area contributed by atoms with Crippen molar-refractivity contribution in [3.63, 3.8) is 0 Å². The lowest BCUT2D eigenvalue weighted by atomic mass is 9.85. The molecular weight excluding hydrogens is 581 g/mol. The first kappa shape index (κ1) is 27.9. The van der Waals surface area contributed by atoms with Gasteiger partial charge in [-0.2, -0.15) is 5.10 Å². The van der Waals surface area contributed by atoms with Crippen LogP contribution >= 0.6 is 0 Å². The van der Waals surface area contributed by atoms with Gasteiger partial charge in [0.05, 0.1) is 35.0 Å². The molecule has 1 saturated carbocycles. The summed E-state index contributed by atoms with van der Waals surface area (Å²) in [5.41, 5.74) is 7.07. The molecule has 12 heteroatoms. The lowest BCUT2D eigenvalue weighted by Gasteiger charge is -2.24. The number of hydrogen-bond acceptors (Lipinski definition) is 6. The van der Waals surface area contributed by atoms with Crippen molar-refractivity contribution in [2.75, 3.05) is 11.6 Å². The van der Waals surface area contributed by atoms with Crippen LogP contribution in [0.1, 0.15) is 24.8 Å². The van der Waals surface area contributed by atoms with E-state index in [-0.39, 0.29) is 18.4 Å². The third-order valence-corrected chi connectivity index (χ3v) is 8.62. The number of aromatic nitrogens is 5. The van der Waals surface area contributed by atoms with Crippen molar-refractivity contribution in [2.45, 2.75) is 25.8 Å². The second-order valence-electron chi connectivity index (χ2n) is 11.2. The molecule has 0 bridgehead atoms. The summed E-state index contributed by atoms with van der Waals surface area (Å²) in [6, 6.07) is 16.0. The predicted octanol–water partition coefficient (Wildman–Crippen LogP) is 5.76. The summed E-state index contributed by atoms with van der Waals surface area (Å²) in [5.74, 6) is -0.375. The minimum Gasteiger partial charge on any atom is -0.353 e. The van der Waals surface area contributed by atoms with Gasteiger partial charge in [-0.05, 0) is 72.5 Å². The quantitative estimate of drug-likeness (QED) is 0.173. The second-order valence-corrected chi connectivity index (χ2v) is 13.0. The molecule has 2 aromatic carbocycles. The number of rotatable bonds is 8. The van der Waals surface area contributed by atoms with Crippen LogP contribution in [0.25, 0.3) is 55.6 Å². The highest BCUT2D eigenvalue weighted by Crippen LogP contribution is 2.35. The molecule has 10 nitrogen and oxygen atoms in total. The number of nitrogens with zero attached hydrogens (tertiary/aromatic N) is 3. The Balaban J connectivity index is 1.23. The minimum atomic E-state index is -3.44. The molecule has 222 valence electrons. The lowest BCUT2D eigenvalue weighted by Crippen LogP contribution is -2.28. The molecule has 1 fully saturated rings. The number of fused-ring (bicyclic) bond motifs is 2. The number of amides is 1. The Morgan fingerprint density at radius 2 is 1.80 bits per heavy atom. The number of nitrogens with one attached hydrogen (secondary N) is 4. The van der Waals surface area contributed by atoms with E-state index in [1.165, 1.54) is 12.1 Å². The fourth-order valence-electron chi connectivity index (χ4n) is 5.49. The molecule has 0 radical (unpaired) electrons. The number of carbonyl (C=O) groups excluding carboxylic acids is 1. The van der Waals surface area contributed by atoms with Crippen molar-refractivity contribution in [3.05, 3.63) is 84.6 Å². The average molecular weight is 610 g/mol. The second kappa shape index (κ2) is 11.0. The number of pyridine rings is 2. The van der Waals surface area contributed by atoms with Crippen molar-refractivity contribution >= 4 is 43.4 Å². The Morgan fingerprint density at radius 3 is 2.59 bits per heavy atom. The predicted molar refractivity (Wildman–Crippen MR) is 167 cm³/mol. The van der Waals surface area contributed by atoms with Gasteiger partial charge in [0.25, 0.3) is 0 Å². The van der Waals surface area contributed by atoms with E-state index in [0.29, 0.717) is 28.2 Å². The first-order valence-electron chi connectivity index (χ1n) is 14.2. The first-order valence-corrected chi connectivity index (χ1v) is 16.1. The Morgan fingerprint density at radius 1 is 0.955 bits per heavy atom. The molecule has 1 amide bonds. The van der Waals surface area contributed by atoms with E-state index < -0.39 is 15.8 Å². The van der Waals surface area contributed by atoms with Gasteiger partial charge in [-0.15, -0.1) is 0 Å². The molecule has 7 rings (SSSR count). The Labute approximate surface area is 252 Å². The van der Waals surface area contributed by atoms with Crippen LogP contribution in [0.5, 0.6) is 0 Å². The average Bonchev–Trinajstić information content (AvgIpc) is 3.58. The van der Waals surface area contributed by atoms with Crippen LogP contribution in [0.15, 0.2) is 73.2 Å². The van der Waals surface area contributed by atoms with Crippen molar-refractivity contribution in [2.24, 2.45) is 5.92 Å². The maximum absolute atomic E-state index is 14.6. The number of H-pyrrole nitrogens is 2. The molecule has 4 aromatic heterocycles. The number of sulfonamides is 1. The van der Waals surface area contributed by atoms with Crippen LogP contribution in [-0.2, 0) is 21.4 Å². The van der Waals surface area contributed by atoms with Gasteiger partial charge in [-0.25, -0.2) is 17.5 Å². The molecule has 0 unspecified atom stereocenters. The van der Waals surface area contributed by atoms with Crippen LogP contribution in [-0.4, -0.2) is 45.7 Å². The van der Waals surface area contributed by atoms with Crippen LogP contribution in [0.3, 0.4) is 0 Å². The highest BCUT2D eigenvalue weighted by molar-refractivity contribution is 7.88. The largest absolute Gasteiger partial charge is 0.353 e. The van der Waals surface area contributed by atoms with Gasteiger partial charge in [-0.3, -0.25) is 19.9 Å². The topological polar surface area (TPSA) is 146 Å². The molecular formula is C32H28FN7O3S. The monoisotopic (exact) mass is 609 g/mol. The fraction of sp³-hybridized carbons (Fsp3) is 0.188. The van der Waals surface area contributed by atoms with Crippen molar-refractivity contribution in [1.82, 2.24) is 29.9 Å². The van der Waals surface area contributed by atoms with E-state index >= 15 is 0 Å². The van der Waals surface area contributed by atoms with Crippen molar-refractivity contribution in [1.29, 1.82) is 0 Å². The van der Waals surface area contributed by atoms with E-state index in [0.717, 1.165) is 64.1 Å². The van der Waals surface area contributed by atoms with Crippen molar-refractivity contribution < 1.29 is 17.6 Å². The number of aromatic amines is 2. The number of anilines is 1. The molecule has 0 saturated heterocycles. The summed E-state index contributed by atoms with van der Waals surface area (Å²) < 4.78 is 40.1. The highest BCUT2D eigenvalue weighted by Gasteiger charge is 2.25. The maximum Gasteiger partial charge on any atom is 0.227 e. The summed E-state index contributed by atoms with van der Waals surface area (Å²) >= 11 is 0. The molecule has 4 N–H and O–H groups in total. The molecule has 1 aliphatic rings. The smallest absolute Gasteiger partial charge is 0.227 e. The number of carbonyl (C=O) groups is 1. The van der Waals surface area contributed by atoms with Crippen LogP contribution in [0.2, 0.25) is 0 Å². The Kier molecular flexibility index (Phi) is 6.94. The molecule has 0 aliphatic heterocycles. The van der Waals surface area contributed by atoms with Gasteiger partial charge in [-0.1, -0.05) is 12.5 Å². The summed E-state index contributed by atoms with van der Waals surface area (Å²) in [7, 11) is -3.44. The standard InChI is InChI=1S/C32H28FN7O3S/c1-44(42,43)36-15-18-9-21(11-23(33)10-18)30-26-14-29(38-27(26)7-8-35-30)31-25-13-20(5-6-28(25)39-40-31)22-12-24(17-34-16-22)37-32(41)19-3-2-4-19/h5-14,16-17,19,36,38H,2-4,15H2,1H3,(H,37,41)(H,39,40). The summed E-state index contributed by atoms with van der Waals surface area (Å²) in [4.78, 5) is 24.8. The van der Waals surface area contributed by atoms with Gasteiger partial charge in [0.15, 0.2) is 0 Å². The van der Waals surface area contributed by atoms with Gasteiger partial charge >= 0.3 is 0 Å². The Bertz CT molecular complexity index is 2170. The van der Waals surface area contributed by atoms with Gasteiger partial charge in [0, 0.05) is 52.3 Å². The summed E-state index contributed by atoms with van der Waals surface area (Å²) in [6.45, 7) is -0.0368. The third-order valence-electron chi connectivity index (χ3n) is 7.95. The van der Waals surface area contributed by atoms with E-state index in [2.05, 4.69) is 35.2 Å². The first-order chi connectivity index (χ1) is 21.2. The normalized spacial score (nSPS) is 13.8. The van der Waals surface area contributed by atoms with E-state index in [1.807, 2.05) is 36.4 Å². The van der Waals surface area contributed by atoms with Crippen molar-refractivity contribution in [3.8, 4) is 33.8 Å². The highest BCUT2D eigenvalue weighted by atomic mass is 32.2. The third kappa shape index (κ3) is 5.56. The minimum absolute atomic E-state index is 0.0368. The Hall–Kier alpha value is -4.94. The number of benzene rings is 2. The van der Waals surface area contributed by atoms with Crippen LogP contribution in [0, 0.1) is 11.7 Å². The number of hydrogen-bond donors (Lipinski definition) is 4.